The molecule has 0 saturated heterocycles. The van der Waals surface area contributed by atoms with E-state index in [1.807, 2.05) is 13.0 Å². The van der Waals surface area contributed by atoms with Crippen molar-refractivity contribution in [1.82, 2.24) is 0 Å². The Labute approximate surface area is 191 Å². The number of para-hydroxylation sites is 1. The summed E-state index contributed by atoms with van der Waals surface area (Å²) in [5, 5.41) is 5.35. The summed E-state index contributed by atoms with van der Waals surface area (Å²) in [4.78, 5) is 37.5. The highest BCUT2D eigenvalue weighted by atomic mass is 16.5. The summed E-state index contributed by atoms with van der Waals surface area (Å²) >= 11 is 0. The van der Waals surface area contributed by atoms with Crippen LogP contribution in [0.3, 0.4) is 0 Å². The van der Waals surface area contributed by atoms with E-state index in [9.17, 15) is 14.4 Å². The molecule has 0 aromatic heterocycles. The molecule has 0 saturated carbocycles. The minimum Gasteiger partial charge on any atom is -0.497 e. The molecule has 0 aliphatic carbocycles. The van der Waals surface area contributed by atoms with E-state index in [-0.39, 0.29) is 17.2 Å². The minimum absolute atomic E-state index is 0.133. The Morgan fingerprint density at radius 2 is 1.61 bits per heavy atom. The van der Waals surface area contributed by atoms with Gasteiger partial charge in [-0.05, 0) is 43.3 Å². The first-order valence-corrected chi connectivity index (χ1v) is 10.1. The quantitative estimate of drug-likeness (QED) is 0.504. The van der Waals surface area contributed by atoms with Crippen molar-refractivity contribution in [2.45, 2.75) is 6.92 Å². The number of aryl methyl sites for hydroxylation is 1. The number of anilines is 2. The van der Waals surface area contributed by atoms with Crippen LogP contribution < -0.4 is 20.1 Å². The van der Waals surface area contributed by atoms with Crippen molar-refractivity contribution < 1.29 is 28.6 Å². The van der Waals surface area contributed by atoms with E-state index in [1.54, 1.807) is 54.6 Å². The molecule has 3 rings (SSSR count). The number of esters is 1. The summed E-state index contributed by atoms with van der Waals surface area (Å²) in [6, 6.07) is 18.4. The van der Waals surface area contributed by atoms with Crippen molar-refractivity contribution in [1.29, 1.82) is 0 Å². The number of ether oxygens (including phenoxy) is 3. The van der Waals surface area contributed by atoms with Crippen LogP contribution in [0.1, 0.15) is 26.3 Å². The first-order chi connectivity index (χ1) is 15.9. The Morgan fingerprint density at radius 1 is 0.818 bits per heavy atom. The van der Waals surface area contributed by atoms with Crippen molar-refractivity contribution in [2.75, 3.05) is 31.5 Å². The molecule has 0 aliphatic heterocycles. The summed E-state index contributed by atoms with van der Waals surface area (Å²) in [6.07, 6.45) is 0. The minimum atomic E-state index is -0.744. The third-order valence-corrected chi connectivity index (χ3v) is 4.69. The maximum atomic E-state index is 12.6. The fourth-order valence-electron chi connectivity index (χ4n) is 3.05. The average molecular weight is 448 g/mol. The van der Waals surface area contributed by atoms with Crippen LogP contribution >= 0.6 is 0 Å². The summed E-state index contributed by atoms with van der Waals surface area (Å²) in [5.74, 6) is -0.679. The second-order valence-corrected chi connectivity index (χ2v) is 7.06. The number of rotatable bonds is 8. The van der Waals surface area contributed by atoms with Crippen LogP contribution in [0, 0.1) is 6.92 Å². The first-order valence-electron chi connectivity index (χ1n) is 10.1. The first kappa shape index (κ1) is 23.3. The van der Waals surface area contributed by atoms with E-state index in [4.69, 9.17) is 14.2 Å². The molecule has 0 aliphatic rings. The zero-order valence-corrected chi connectivity index (χ0v) is 18.5. The highest BCUT2D eigenvalue weighted by Gasteiger charge is 2.17. The number of amides is 2. The number of carbonyl (C=O) groups is 3. The maximum absolute atomic E-state index is 12.6. The fraction of sp³-hybridized carbons (Fsp3) is 0.160. The second-order valence-electron chi connectivity index (χ2n) is 7.06. The van der Waals surface area contributed by atoms with Crippen LogP contribution in [-0.2, 0) is 9.53 Å². The Kier molecular flexibility index (Phi) is 7.64. The molecule has 0 radical (unpaired) electrons. The molecule has 2 N–H and O–H groups in total. The van der Waals surface area contributed by atoms with Gasteiger partial charge in [-0.15, -0.1) is 0 Å². The third-order valence-electron chi connectivity index (χ3n) is 4.69. The predicted molar refractivity (Wildman–Crippen MR) is 124 cm³/mol. The molecule has 0 atom stereocenters. The van der Waals surface area contributed by atoms with Crippen molar-refractivity contribution >= 4 is 29.2 Å². The number of methoxy groups -OCH3 is 2. The number of hydrogen-bond acceptors (Lipinski definition) is 6. The average Bonchev–Trinajstić information content (AvgIpc) is 2.83. The van der Waals surface area contributed by atoms with Crippen molar-refractivity contribution in [2.24, 2.45) is 0 Å². The van der Waals surface area contributed by atoms with E-state index in [2.05, 4.69) is 10.6 Å². The topological polar surface area (TPSA) is 103 Å². The van der Waals surface area contributed by atoms with Gasteiger partial charge in [0.25, 0.3) is 11.8 Å². The highest BCUT2D eigenvalue weighted by Crippen LogP contribution is 2.29. The molecule has 33 heavy (non-hydrogen) atoms. The zero-order chi connectivity index (χ0) is 23.8. The summed E-state index contributed by atoms with van der Waals surface area (Å²) in [7, 11) is 2.99. The van der Waals surface area contributed by atoms with Gasteiger partial charge >= 0.3 is 5.97 Å². The summed E-state index contributed by atoms with van der Waals surface area (Å²) in [6.45, 7) is 1.36. The lowest BCUT2D eigenvalue weighted by atomic mass is 10.1. The number of benzene rings is 3. The van der Waals surface area contributed by atoms with Gasteiger partial charge in [-0.25, -0.2) is 4.79 Å². The Balaban J connectivity index is 1.64. The van der Waals surface area contributed by atoms with Crippen molar-refractivity contribution in [3.05, 3.63) is 83.4 Å². The van der Waals surface area contributed by atoms with Gasteiger partial charge in [-0.1, -0.05) is 29.8 Å². The number of nitrogens with one attached hydrogen (secondary N) is 2. The SMILES string of the molecule is COc1ccc(NC(=O)COC(=O)c2ccccc2NC(=O)c2cccc(C)c2)c(OC)c1. The Morgan fingerprint density at radius 3 is 2.33 bits per heavy atom. The largest absolute Gasteiger partial charge is 0.497 e. The molecule has 3 aromatic carbocycles. The summed E-state index contributed by atoms with van der Waals surface area (Å²) < 4.78 is 15.5. The summed E-state index contributed by atoms with van der Waals surface area (Å²) in [5.41, 5.74) is 2.23. The van der Waals surface area contributed by atoms with Gasteiger partial charge in [0.15, 0.2) is 6.61 Å². The van der Waals surface area contributed by atoms with E-state index >= 15 is 0 Å². The molecule has 0 spiro atoms. The van der Waals surface area contributed by atoms with Gasteiger partial charge in [0.05, 0.1) is 31.2 Å². The normalized spacial score (nSPS) is 10.2. The molecule has 170 valence electrons. The van der Waals surface area contributed by atoms with Gasteiger partial charge < -0.3 is 24.8 Å². The van der Waals surface area contributed by atoms with Crippen molar-refractivity contribution in [3.63, 3.8) is 0 Å². The molecule has 2 amide bonds. The molecular formula is C25H24N2O6. The Hall–Kier alpha value is -4.33. The zero-order valence-electron chi connectivity index (χ0n) is 18.5. The number of hydrogen-bond donors (Lipinski definition) is 2. The molecule has 8 nitrogen and oxygen atoms in total. The molecule has 0 bridgehead atoms. The lowest BCUT2D eigenvalue weighted by molar-refractivity contribution is -0.119. The van der Waals surface area contributed by atoms with E-state index < -0.39 is 18.5 Å². The molecule has 3 aromatic rings. The van der Waals surface area contributed by atoms with E-state index in [0.29, 0.717) is 22.7 Å². The second kappa shape index (κ2) is 10.8. The number of carbonyl (C=O) groups excluding carboxylic acids is 3. The van der Waals surface area contributed by atoms with Gasteiger partial charge in [0.2, 0.25) is 0 Å². The van der Waals surface area contributed by atoms with Gasteiger partial charge in [-0.3, -0.25) is 9.59 Å². The lowest BCUT2D eigenvalue weighted by Gasteiger charge is -2.13. The van der Waals surface area contributed by atoms with Crippen LogP contribution in [0.15, 0.2) is 66.7 Å². The van der Waals surface area contributed by atoms with Crippen molar-refractivity contribution in [3.8, 4) is 11.5 Å². The van der Waals surface area contributed by atoms with Crippen LogP contribution in [0.5, 0.6) is 11.5 Å². The van der Waals surface area contributed by atoms with Crippen LogP contribution in [0.25, 0.3) is 0 Å². The maximum Gasteiger partial charge on any atom is 0.340 e. The molecule has 0 unspecified atom stereocenters. The fourth-order valence-corrected chi connectivity index (χ4v) is 3.05. The molecular weight excluding hydrogens is 424 g/mol. The van der Waals surface area contributed by atoms with Crippen LogP contribution in [0.2, 0.25) is 0 Å². The van der Waals surface area contributed by atoms with Gasteiger partial charge in [0.1, 0.15) is 11.5 Å². The standard InChI is InChI=1S/C25H24N2O6/c1-16-7-6-8-17(13-16)24(29)27-20-10-5-4-9-19(20)25(30)33-15-23(28)26-21-12-11-18(31-2)14-22(21)32-3/h4-14H,15H2,1-3H3,(H,26,28)(H,27,29). The predicted octanol–water partition coefficient (Wildman–Crippen LogP) is 4.06. The third kappa shape index (κ3) is 6.10. The van der Waals surface area contributed by atoms with E-state index in [1.165, 1.54) is 20.3 Å². The highest BCUT2D eigenvalue weighted by molar-refractivity contribution is 6.08. The van der Waals surface area contributed by atoms with Crippen LogP contribution in [-0.4, -0.2) is 38.6 Å². The Bertz CT molecular complexity index is 1180. The molecule has 0 fully saturated rings. The van der Waals surface area contributed by atoms with Gasteiger partial charge in [0, 0.05) is 11.6 Å². The smallest absolute Gasteiger partial charge is 0.340 e. The van der Waals surface area contributed by atoms with E-state index in [0.717, 1.165) is 5.56 Å². The lowest BCUT2D eigenvalue weighted by Crippen LogP contribution is -2.22. The van der Waals surface area contributed by atoms with Crippen LogP contribution in [0.4, 0.5) is 11.4 Å². The monoisotopic (exact) mass is 448 g/mol. The molecule has 8 heteroatoms. The molecule has 0 heterocycles. The van der Waals surface area contributed by atoms with Gasteiger partial charge in [-0.2, -0.15) is 0 Å².